The van der Waals surface area contributed by atoms with Crippen LogP contribution in [0.2, 0.25) is 5.02 Å². The van der Waals surface area contributed by atoms with Crippen molar-refractivity contribution >= 4 is 28.5 Å². The zero-order valence-electron chi connectivity index (χ0n) is 21.4. The lowest BCUT2D eigenvalue weighted by atomic mass is 9.71. The third-order valence-electron chi connectivity index (χ3n) is 7.65. The molecule has 6 nitrogen and oxygen atoms in total. The molecule has 1 saturated heterocycles. The number of methoxy groups -OCH3 is 1. The molecule has 38 heavy (non-hydrogen) atoms. The van der Waals surface area contributed by atoms with Gasteiger partial charge in [-0.05, 0) is 99.5 Å². The van der Waals surface area contributed by atoms with Crippen molar-refractivity contribution in [3.63, 3.8) is 0 Å². The van der Waals surface area contributed by atoms with E-state index in [9.17, 15) is 23.8 Å². The molecule has 1 atom stereocenters. The summed E-state index contributed by atoms with van der Waals surface area (Å²) >= 11 is 6.46. The van der Waals surface area contributed by atoms with Crippen LogP contribution in [0.15, 0.2) is 42.6 Å². The molecule has 204 valence electrons. The first kappa shape index (κ1) is 28.2. The van der Waals surface area contributed by atoms with E-state index in [2.05, 4.69) is 9.88 Å². The van der Waals surface area contributed by atoms with Gasteiger partial charge in [-0.3, -0.25) is 9.78 Å². The monoisotopic (exact) mass is 546 g/mol. The summed E-state index contributed by atoms with van der Waals surface area (Å²) in [4.78, 5) is 18.4. The number of rotatable bonds is 11. The van der Waals surface area contributed by atoms with Crippen LogP contribution >= 0.6 is 11.6 Å². The summed E-state index contributed by atoms with van der Waals surface area (Å²) in [5.41, 5.74) is 1.47. The molecule has 0 unspecified atom stereocenters. The van der Waals surface area contributed by atoms with Gasteiger partial charge in [0.2, 0.25) is 0 Å². The van der Waals surface area contributed by atoms with Crippen molar-refractivity contribution < 1.29 is 28.5 Å². The van der Waals surface area contributed by atoms with E-state index < -0.39 is 29.1 Å². The number of piperidine rings is 1. The molecule has 1 aromatic heterocycles. The van der Waals surface area contributed by atoms with Crippen LogP contribution < -0.4 is 4.74 Å². The number of aryl methyl sites for hydroxylation is 1. The van der Waals surface area contributed by atoms with Gasteiger partial charge in [0.1, 0.15) is 17.4 Å². The van der Waals surface area contributed by atoms with Gasteiger partial charge in [-0.2, -0.15) is 0 Å². The molecule has 2 aromatic carbocycles. The molecule has 3 aromatic rings. The molecule has 2 N–H and O–H groups in total. The highest BCUT2D eigenvalue weighted by Crippen LogP contribution is 2.43. The number of ether oxygens (including phenoxy) is 1. The maximum Gasteiger partial charge on any atom is 0.303 e. The number of carboxylic acid groups (broad SMARTS) is 1. The fourth-order valence-corrected chi connectivity index (χ4v) is 5.85. The van der Waals surface area contributed by atoms with E-state index in [1.54, 1.807) is 19.2 Å². The van der Waals surface area contributed by atoms with Gasteiger partial charge in [-0.1, -0.05) is 11.6 Å². The third kappa shape index (κ3) is 6.98. The molecule has 0 spiro atoms. The number of aliphatic hydroxyl groups is 1. The highest BCUT2D eigenvalue weighted by molar-refractivity contribution is 6.32. The number of aromatic nitrogens is 1. The lowest BCUT2D eigenvalue weighted by molar-refractivity contribution is -0.141. The van der Waals surface area contributed by atoms with E-state index in [4.69, 9.17) is 16.3 Å². The standard InChI is InChI=1S/C29H33ClF2N2O4/c1-38-22-4-5-25-23(16-22)28(24(30)18-33-25)26(35)6-7-29(17-27(36)37)8-11-34(12-9-29)10-2-3-19-13-20(31)15-21(32)14-19/h4-5,13-16,18,26,35H,2-3,6-12,17H2,1H3,(H,36,37)/t26-/m0/s1. The largest absolute Gasteiger partial charge is 0.497 e. The Morgan fingerprint density at radius 1 is 1.18 bits per heavy atom. The number of likely N-dealkylation sites (tertiary alicyclic amines) is 1. The van der Waals surface area contributed by atoms with Gasteiger partial charge in [0, 0.05) is 23.2 Å². The molecule has 9 heteroatoms. The van der Waals surface area contributed by atoms with Gasteiger partial charge in [-0.15, -0.1) is 0 Å². The smallest absolute Gasteiger partial charge is 0.303 e. The second kappa shape index (κ2) is 12.4. The van der Waals surface area contributed by atoms with Crippen molar-refractivity contribution in [3.05, 3.63) is 70.4 Å². The number of hydrogen-bond acceptors (Lipinski definition) is 5. The van der Waals surface area contributed by atoms with Crippen LogP contribution in [0.4, 0.5) is 8.78 Å². The Morgan fingerprint density at radius 2 is 1.89 bits per heavy atom. The molecule has 0 radical (unpaired) electrons. The maximum atomic E-state index is 13.4. The summed E-state index contributed by atoms with van der Waals surface area (Å²) < 4.78 is 32.2. The normalized spacial score (nSPS) is 16.4. The Hall–Kier alpha value is -2.81. The van der Waals surface area contributed by atoms with Crippen molar-refractivity contribution in [2.75, 3.05) is 26.7 Å². The molecule has 1 aliphatic heterocycles. The summed E-state index contributed by atoms with van der Waals surface area (Å²) in [7, 11) is 1.57. The number of fused-ring (bicyclic) bond motifs is 1. The molecule has 4 rings (SSSR count). The van der Waals surface area contributed by atoms with Crippen LogP contribution in [0, 0.1) is 17.0 Å². The van der Waals surface area contributed by atoms with Gasteiger partial charge in [0.25, 0.3) is 0 Å². The quantitative estimate of drug-likeness (QED) is 0.299. The SMILES string of the molecule is COc1ccc2ncc(Cl)c([C@@H](O)CCC3(CC(=O)O)CCN(CCCc4cc(F)cc(F)c4)CC3)c2c1. The minimum absolute atomic E-state index is 0.0365. The van der Waals surface area contributed by atoms with Crippen LogP contribution in [-0.4, -0.2) is 52.8 Å². The predicted molar refractivity (Wildman–Crippen MR) is 143 cm³/mol. The van der Waals surface area contributed by atoms with Crippen LogP contribution in [0.3, 0.4) is 0 Å². The number of benzene rings is 2. The van der Waals surface area contributed by atoms with Gasteiger partial charge < -0.3 is 19.8 Å². The Kier molecular flexibility index (Phi) is 9.18. The first-order valence-corrected chi connectivity index (χ1v) is 13.3. The second-order valence-corrected chi connectivity index (χ2v) is 10.7. The summed E-state index contributed by atoms with van der Waals surface area (Å²) in [6, 6.07) is 9.00. The van der Waals surface area contributed by atoms with E-state index in [0.29, 0.717) is 64.9 Å². The van der Waals surface area contributed by atoms with E-state index in [-0.39, 0.29) is 6.42 Å². The van der Waals surface area contributed by atoms with Crippen LogP contribution in [-0.2, 0) is 11.2 Å². The number of carboxylic acids is 1. The van der Waals surface area contributed by atoms with Crippen molar-refractivity contribution in [1.82, 2.24) is 9.88 Å². The average molecular weight is 547 g/mol. The predicted octanol–water partition coefficient (Wildman–Crippen LogP) is 6.18. The minimum Gasteiger partial charge on any atom is -0.497 e. The zero-order valence-corrected chi connectivity index (χ0v) is 22.2. The Balaban J connectivity index is 1.38. The van der Waals surface area contributed by atoms with Gasteiger partial charge in [0.05, 0.1) is 30.2 Å². The van der Waals surface area contributed by atoms with Gasteiger partial charge in [-0.25, -0.2) is 8.78 Å². The number of aliphatic hydroxyl groups excluding tert-OH is 1. The lowest BCUT2D eigenvalue weighted by Gasteiger charge is -2.41. The van der Waals surface area contributed by atoms with Crippen LogP contribution in [0.25, 0.3) is 10.9 Å². The Labute approximate surface area is 226 Å². The molecule has 0 amide bonds. The molecular weight excluding hydrogens is 514 g/mol. The fourth-order valence-electron chi connectivity index (χ4n) is 5.57. The number of pyridine rings is 1. The van der Waals surface area contributed by atoms with Gasteiger partial charge >= 0.3 is 5.97 Å². The lowest BCUT2D eigenvalue weighted by Crippen LogP contribution is -2.41. The number of hydrogen-bond donors (Lipinski definition) is 2. The molecular formula is C29H33ClF2N2O4. The van der Waals surface area contributed by atoms with Crippen molar-refractivity contribution in [2.45, 2.75) is 51.0 Å². The molecule has 0 aliphatic carbocycles. The second-order valence-electron chi connectivity index (χ2n) is 10.3. The van der Waals surface area contributed by atoms with Crippen molar-refractivity contribution in [3.8, 4) is 5.75 Å². The molecule has 1 fully saturated rings. The summed E-state index contributed by atoms with van der Waals surface area (Å²) in [5.74, 6) is -1.36. The molecule has 1 aliphatic rings. The topological polar surface area (TPSA) is 82.9 Å². The van der Waals surface area contributed by atoms with E-state index in [1.807, 2.05) is 6.07 Å². The maximum absolute atomic E-state index is 13.4. The van der Waals surface area contributed by atoms with Crippen molar-refractivity contribution in [1.29, 1.82) is 0 Å². The average Bonchev–Trinajstić information content (AvgIpc) is 2.87. The first-order valence-electron chi connectivity index (χ1n) is 12.9. The zero-order chi connectivity index (χ0) is 27.3. The Morgan fingerprint density at radius 3 is 2.55 bits per heavy atom. The summed E-state index contributed by atoms with van der Waals surface area (Å²) in [6.45, 7) is 2.23. The summed E-state index contributed by atoms with van der Waals surface area (Å²) in [6.07, 6.45) is 4.31. The number of halogens is 3. The minimum atomic E-state index is -0.879. The van der Waals surface area contributed by atoms with Crippen LogP contribution in [0.1, 0.15) is 55.8 Å². The van der Waals surface area contributed by atoms with Crippen molar-refractivity contribution in [2.24, 2.45) is 5.41 Å². The Bertz CT molecular complexity index is 1260. The molecule has 0 bridgehead atoms. The van der Waals surface area contributed by atoms with E-state index in [1.165, 1.54) is 18.3 Å². The molecule has 2 heterocycles. The van der Waals surface area contributed by atoms with E-state index >= 15 is 0 Å². The third-order valence-corrected chi connectivity index (χ3v) is 7.96. The highest BCUT2D eigenvalue weighted by Gasteiger charge is 2.37. The first-order chi connectivity index (χ1) is 18.2. The number of aliphatic carboxylic acids is 1. The molecule has 0 saturated carbocycles. The fraction of sp³-hybridized carbons (Fsp3) is 0.448. The van der Waals surface area contributed by atoms with Crippen LogP contribution in [0.5, 0.6) is 5.75 Å². The number of carbonyl (C=O) groups is 1. The van der Waals surface area contributed by atoms with Gasteiger partial charge in [0.15, 0.2) is 0 Å². The number of nitrogens with zero attached hydrogens (tertiary/aromatic N) is 2. The highest BCUT2D eigenvalue weighted by atomic mass is 35.5. The summed E-state index contributed by atoms with van der Waals surface area (Å²) in [5, 5.41) is 21.9. The van der Waals surface area contributed by atoms with E-state index in [0.717, 1.165) is 32.1 Å².